The van der Waals surface area contributed by atoms with Gasteiger partial charge in [0.1, 0.15) is 0 Å². The zero-order chi connectivity index (χ0) is 25.0. The van der Waals surface area contributed by atoms with Crippen LogP contribution in [0.5, 0.6) is 0 Å². The van der Waals surface area contributed by atoms with E-state index >= 15 is 0 Å². The molecule has 2 aromatic rings. The Bertz CT molecular complexity index is 1250. The average Bonchev–Trinajstić information content (AvgIpc) is 3.22. The molecule has 1 saturated heterocycles. The predicted molar refractivity (Wildman–Crippen MR) is 121 cm³/mol. The Morgan fingerprint density at radius 3 is 2.29 bits per heavy atom. The molecular weight excluding hydrogens is 540 g/mol. The molecule has 34 heavy (non-hydrogen) atoms. The Kier molecular flexibility index (Phi) is 6.39. The van der Waals surface area contributed by atoms with Gasteiger partial charge in [0.2, 0.25) is 10.2 Å². The van der Waals surface area contributed by atoms with Crippen LogP contribution in [0.2, 0.25) is 15.1 Å². The maximum absolute atomic E-state index is 14.2. The Labute approximate surface area is 209 Å². The van der Waals surface area contributed by atoms with Crippen molar-refractivity contribution < 1.29 is 32.4 Å². The van der Waals surface area contributed by atoms with Gasteiger partial charge in [-0.2, -0.15) is 13.2 Å². The lowest BCUT2D eigenvalue weighted by Crippen LogP contribution is -2.51. The molecule has 2 aliphatic rings. The van der Waals surface area contributed by atoms with E-state index in [9.17, 15) is 27.6 Å². The predicted octanol–water partition coefficient (Wildman–Crippen LogP) is 5.44. The molecule has 178 valence electrons. The van der Waals surface area contributed by atoms with E-state index in [0.717, 1.165) is 12.1 Å². The summed E-state index contributed by atoms with van der Waals surface area (Å²) < 4.78 is 42.6. The fourth-order valence-corrected chi connectivity index (χ4v) is 4.70. The second-order valence-corrected chi connectivity index (χ2v) is 9.76. The van der Waals surface area contributed by atoms with Gasteiger partial charge in [-0.05, 0) is 54.1 Å². The number of nitrogens with one attached hydrogen (secondary N) is 1. The van der Waals surface area contributed by atoms with Crippen LogP contribution in [0.3, 0.4) is 0 Å². The number of halogens is 6. The van der Waals surface area contributed by atoms with Crippen molar-refractivity contribution in [2.75, 3.05) is 0 Å². The van der Waals surface area contributed by atoms with E-state index in [1.54, 1.807) is 6.92 Å². The molecule has 6 nitrogen and oxygen atoms in total. The van der Waals surface area contributed by atoms with Crippen LogP contribution < -0.4 is 5.32 Å². The van der Waals surface area contributed by atoms with Gasteiger partial charge in [0.25, 0.3) is 11.5 Å². The number of carbonyl (C=O) groups is 3. The second-order valence-electron chi connectivity index (χ2n) is 7.56. The minimum atomic E-state index is -4.88. The molecule has 0 aromatic heterocycles. The summed E-state index contributed by atoms with van der Waals surface area (Å²) in [5, 5.41) is 4.66. The average molecular weight is 552 g/mol. The molecule has 1 fully saturated rings. The highest BCUT2D eigenvalue weighted by molar-refractivity contribution is 8.29. The van der Waals surface area contributed by atoms with Crippen molar-refractivity contribution in [2.45, 2.75) is 31.2 Å². The SMILES string of the molecule is Cc1cc(C2=NO[C@@](c3cc(Cl)c(Cl)c(Cl)c3)(C(F)(F)F)C2)ccc1C(=O)NC1C(=O)SC1=O. The minimum Gasteiger partial charge on any atom is -0.374 e. The quantitative estimate of drug-likeness (QED) is 0.404. The maximum Gasteiger partial charge on any atom is 0.435 e. The van der Waals surface area contributed by atoms with Crippen molar-refractivity contribution in [3.63, 3.8) is 0 Å². The molecule has 0 unspecified atom stereocenters. The fourth-order valence-electron chi connectivity index (χ4n) is 3.53. The number of amides is 1. The monoisotopic (exact) mass is 550 g/mol. The van der Waals surface area contributed by atoms with Crippen LogP contribution in [0.25, 0.3) is 0 Å². The lowest BCUT2D eigenvalue weighted by Gasteiger charge is -2.30. The van der Waals surface area contributed by atoms with Crippen LogP contribution in [0.4, 0.5) is 13.2 Å². The Hall–Kier alpha value is -2.27. The van der Waals surface area contributed by atoms with Gasteiger partial charge in [-0.15, -0.1) is 0 Å². The van der Waals surface area contributed by atoms with Gasteiger partial charge in [-0.3, -0.25) is 14.4 Å². The standard InChI is InChI=1S/C21H12Cl3F3N2O4S/c1-8-4-9(2-3-11(8)17(30)28-16-18(31)34-19(16)32)14-7-20(33-29-14,21(25,26)27)10-5-12(22)15(24)13(23)6-10/h2-6,16H,7H2,1H3,(H,28,30)/t20-/m0/s1. The molecule has 2 aromatic carbocycles. The van der Waals surface area contributed by atoms with Crippen LogP contribution in [0, 0.1) is 6.92 Å². The van der Waals surface area contributed by atoms with Gasteiger partial charge >= 0.3 is 6.18 Å². The van der Waals surface area contributed by atoms with E-state index in [1.807, 2.05) is 0 Å². The number of oxime groups is 1. The summed E-state index contributed by atoms with van der Waals surface area (Å²) in [7, 11) is 0. The van der Waals surface area contributed by atoms with Gasteiger partial charge in [-0.1, -0.05) is 46.0 Å². The molecule has 0 radical (unpaired) electrons. The van der Waals surface area contributed by atoms with Crippen LogP contribution in [0.15, 0.2) is 35.5 Å². The number of carbonyl (C=O) groups excluding carboxylic acids is 3. The molecule has 13 heteroatoms. The van der Waals surface area contributed by atoms with Gasteiger partial charge < -0.3 is 10.2 Å². The smallest absolute Gasteiger partial charge is 0.374 e. The topological polar surface area (TPSA) is 84.8 Å². The van der Waals surface area contributed by atoms with Gasteiger partial charge in [0.15, 0.2) is 6.04 Å². The van der Waals surface area contributed by atoms with Crippen molar-refractivity contribution in [2.24, 2.45) is 5.16 Å². The minimum absolute atomic E-state index is 0.0182. The number of aryl methyl sites for hydroxylation is 1. The number of alkyl halides is 3. The third-order valence-electron chi connectivity index (χ3n) is 5.39. The second kappa shape index (κ2) is 8.75. The van der Waals surface area contributed by atoms with E-state index in [4.69, 9.17) is 39.6 Å². The number of thioether (sulfide) groups is 1. The van der Waals surface area contributed by atoms with Gasteiger partial charge in [-0.25, -0.2) is 0 Å². The first-order valence-corrected chi connectivity index (χ1v) is 11.4. The van der Waals surface area contributed by atoms with Gasteiger partial charge in [0.05, 0.1) is 20.8 Å². The molecule has 2 heterocycles. The molecule has 1 amide bonds. The van der Waals surface area contributed by atoms with E-state index in [2.05, 4.69) is 10.5 Å². The Morgan fingerprint density at radius 1 is 1.15 bits per heavy atom. The Morgan fingerprint density at radius 2 is 1.76 bits per heavy atom. The number of benzene rings is 2. The third-order valence-corrected chi connectivity index (χ3v) is 7.46. The molecule has 4 rings (SSSR count). The molecule has 0 bridgehead atoms. The molecule has 0 spiro atoms. The summed E-state index contributed by atoms with van der Waals surface area (Å²) in [6.45, 7) is 1.56. The summed E-state index contributed by atoms with van der Waals surface area (Å²) >= 11 is 18.3. The Balaban J connectivity index is 1.61. The zero-order valence-electron chi connectivity index (χ0n) is 16.9. The van der Waals surface area contributed by atoms with Crippen molar-refractivity contribution in [1.82, 2.24) is 5.32 Å². The summed E-state index contributed by atoms with van der Waals surface area (Å²) in [4.78, 5) is 40.3. The van der Waals surface area contributed by atoms with Crippen molar-refractivity contribution >= 4 is 68.4 Å². The number of nitrogens with zero attached hydrogens (tertiary/aromatic N) is 1. The first kappa shape index (κ1) is 24.8. The molecule has 1 N–H and O–H groups in total. The molecule has 0 saturated carbocycles. The van der Waals surface area contributed by atoms with Crippen molar-refractivity contribution in [3.8, 4) is 0 Å². The summed E-state index contributed by atoms with van der Waals surface area (Å²) in [5.41, 5.74) is -2.38. The van der Waals surface area contributed by atoms with Crippen molar-refractivity contribution in [3.05, 3.63) is 67.7 Å². The highest BCUT2D eigenvalue weighted by Gasteiger charge is 2.62. The summed E-state index contributed by atoms with van der Waals surface area (Å²) in [6.07, 6.45) is -5.56. The molecule has 1 atom stereocenters. The zero-order valence-corrected chi connectivity index (χ0v) is 20.0. The molecular formula is C21H12Cl3F3N2O4S. The molecule has 0 aliphatic carbocycles. The van der Waals surface area contributed by atoms with E-state index in [1.165, 1.54) is 18.2 Å². The van der Waals surface area contributed by atoms with E-state index in [0.29, 0.717) is 17.3 Å². The number of hydrogen-bond donors (Lipinski definition) is 1. The maximum atomic E-state index is 14.2. The van der Waals surface area contributed by atoms with E-state index in [-0.39, 0.29) is 37.5 Å². The first-order valence-electron chi connectivity index (χ1n) is 9.48. The lowest BCUT2D eigenvalue weighted by molar-refractivity contribution is -0.275. The highest BCUT2D eigenvalue weighted by atomic mass is 35.5. The number of rotatable bonds is 4. The van der Waals surface area contributed by atoms with Gasteiger partial charge in [0, 0.05) is 17.5 Å². The van der Waals surface area contributed by atoms with Crippen LogP contribution >= 0.6 is 46.6 Å². The van der Waals surface area contributed by atoms with Crippen LogP contribution in [0.1, 0.15) is 33.5 Å². The summed E-state index contributed by atoms with van der Waals surface area (Å²) in [6, 6.07) is 5.09. The van der Waals surface area contributed by atoms with Crippen LogP contribution in [-0.4, -0.2) is 34.1 Å². The number of hydrogen-bond acceptors (Lipinski definition) is 6. The third kappa shape index (κ3) is 4.17. The highest BCUT2D eigenvalue weighted by Crippen LogP contribution is 2.50. The first-order chi connectivity index (χ1) is 15.8. The van der Waals surface area contributed by atoms with Crippen LogP contribution in [-0.2, 0) is 20.0 Å². The van der Waals surface area contributed by atoms with Crippen molar-refractivity contribution in [1.29, 1.82) is 0 Å². The molecule has 2 aliphatic heterocycles. The lowest BCUT2D eigenvalue weighted by atomic mass is 9.86. The fraction of sp³-hybridized carbons (Fsp3) is 0.238. The largest absolute Gasteiger partial charge is 0.435 e. The normalized spacial score (nSPS) is 20.6. The summed E-state index contributed by atoms with van der Waals surface area (Å²) in [5.74, 6) is -0.657. The van der Waals surface area contributed by atoms with E-state index < -0.39 is 40.4 Å².